The molecule has 11 heavy (non-hydrogen) atoms. The van der Waals surface area contributed by atoms with E-state index in [1.54, 1.807) is 0 Å². The van der Waals surface area contributed by atoms with Crippen molar-refractivity contribution in [1.29, 1.82) is 0 Å². The summed E-state index contributed by atoms with van der Waals surface area (Å²) in [6.45, 7) is 0. The average molecular weight is 178 g/mol. The van der Waals surface area contributed by atoms with Gasteiger partial charge >= 0.3 is 0 Å². The maximum atomic E-state index is 5.02. The average Bonchev–Trinajstić information content (AvgIpc) is 2.62. The van der Waals surface area contributed by atoms with Crippen molar-refractivity contribution in [2.45, 2.75) is 4.90 Å². The zero-order valence-electron chi connectivity index (χ0n) is 5.74. The molecule has 2 aromatic rings. The van der Waals surface area contributed by atoms with Gasteiger partial charge in [-0.05, 0) is 5.56 Å². The van der Waals surface area contributed by atoms with E-state index in [-0.39, 0.29) is 0 Å². The van der Waals surface area contributed by atoms with Crippen LogP contribution in [-0.4, -0.2) is 0 Å². The lowest BCUT2D eigenvalue weighted by atomic mass is 10.2. The highest BCUT2D eigenvalue weighted by molar-refractivity contribution is 7.81. The van der Waals surface area contributed by atoms with E-state index in [0.29, 0.717) is 0 Å². The highest BCUT2D eigenvalue weighted by Crippen LogP contribution is 2.38. The summed E-state index contributed by atoms with van der Waals surface area (Å²) in [6, 6.07) is 10.1. The van der Waals surface area contributed by atoms with E-state index in [2.05, 4.69) is 12.6 Å². The molecular weight excluding hydrogens is 172 g/mol. The Bertz CT molecular complexity index is 380. The molecule has 0 nitrogen and oxygen atoms in total. The SMILES string of the molecule is S=c1c(S)c1-c1ccccc1. The van der Waals surface area contributed by atoms with Crippen LogP contribution >= 0.6 is 24.8 Å². The van der Waals surface area contributed by atoms with E-state index in [4.69, 9.17) is 12.2 Å². The molecular formula is C9H6S2. The molecule has 0 saturated heterocycles. The van der Waals surface area contributed by atoms with Gasteiger partial charge in [-0.25, -0.2) is 0 Å². The van der Waals surface area contributed by atoms with E-state index < -0.39 is 0 Å². The molecule has 0 aliphatic carbocycles. The fourth-order valence-electron chi connectivity index (χ4n) is 1.03. The Labute approximate surface area is 76.0 Å². The van der Waals surface area contributed by atoms with Gasteiger partial charge in [0.15, 0.2) is 0 Å². The quantitative estimate of drug-likeness (QED) is 0.516. The van der Waals surface area contributed by atoms with Crippen molar-refractivity contribution in [1.82, 2.24) is 0 Å². The number of rotatable bonds is 1. The number of hydrogen-bond donors (Lipinski definition) is 1. The lowest BCUT2D eigenvalue weighted by Crippen LogP contribution is -1.64. The molecule has 54 valence electrons. The van der Waals surface area contributed by atoms with Crippen LogP contribution in [0, 0.1) is 4.51 Å². The largest absolute Gasteiger partial charge is 0.141 e. The summed E-state index contributed by atoms with van der Waals surface area (Å²) in [5, 5.41) is 0. The van der Waals surface area contributed by atoms with Gasteiger partial charge in [-0.15, -0.1) is 12.6 Å². The predicted molar refractivity (Wildman–Crippen MR) is 52.3 cm³/mol. The summed E-state index contributed by atoms with van der Waals surface area (Å²) in [6.07, 6.45) is 0. The first-order valence-corrected chi connectivity index (χ1v) is 4.19. The second kappa shape index (κ2) is 2.47. The van der Waals surface area contributed by atoms with Crippen LogP contribution in [0.2, 0.25) is 0 Å². The lowest BCUT2D eigenvalue weighted by molar-refractivity contribution is 1.69. The molecule has 0 atom stereocenters. The third-order valence-electron chi connectivity index (χ3n) is 1.68. The van der Waals surface area contributed by atoms with Crippen molar-refractivity contribution in [3.05, 3.63) is 34.8 Å². The van der Waals surface area contributed by atoms with Gasteiger partial charge in [0.1, 0.15) is 0 Å². The highest BCUT2D eigenvalue weighted by atomic mass is 32.1. The molecule has 0 aliphatic heterocycles. The van der Waals surface area contributed by atoms with Crippen molar-refractivity contribution in [2.75, 3.05) is 0 Å². The summed E-state index contributed by atoms with van der Waals surface area (Å²) >= 11 is 9.24. The number of benzene rings is 1. The van der Waals surface area contributed by atoms with Gasteiger partial charge in [-0.1, -0.05) is 42.5 Å². The Balaban J connectivity index is 2.48. The first-order chi connectivity index (χ1) is 5.30. The standard InChI is InChI=1S/C9H6S2/c10-8-7(9(8)11)6-4-2-1-3-5-6/h1-5,10H. The van der Waals surface area contributed by atoms with Gasteiger partial charge in [-0.3, -0.25) is 0 Å². The molecule has 0 heterocycles. The molecule has 2 aromatic carbocycles. The number of thiol groups is 1. The second-order valence-corrected chi connectivity index (χ2v) is 3.27. The van der Waals surface area contributed by atoms with Crippen molar-refractivity contribution >= 4 is 24.8 Å². The molecule has 2 heteroatoms. The molecule has 0 saturated carbocycles. The first-order valence-electron chi connectivity index (χ1n) is 3.34. The molecule has 0 N–H and O–H groups in total. The third kappa shape index (κ3) is 1.12. The first kappa shape index (κ1) is 7.07. The van der Waals surface area contributed by atoms with Gasteiger partial charge in [0.2, 0.25) is 0 Å². The van der Waals surface area contributed by atoms with Gasteiger partial charge < -0.3 is 0 Å². The highest BCUT2D eigenvalue weighted by Gasteiger charge is 2.15. The lowest BCUT2D eigenvalue weighted by Gasteiger charge is -1.88. The monoisotopic (exact) mass is 178 g/mol. The van der Waals surface area contributed by atoms with Crippen LogP contribution in [0.5, 0.6) is 0 Å². The Morgan fingerprint density at radius 1 is 1.09 bits per heavy atom. The topological polar surface area (TPSA) is 0 Å². The van der Waals surface area contributed by atoms with E-state index in [9.17, 15) is 0 Å². The number of hydrogen-bond acceptors (Lipinski definition) is 2. The van der Waals surface area contributed by atoms with Crippen molar-refractivity contribution in [3.8, 4) is 11.1 Å². The predicted octanol–water partition coefficient (Wildman–Crippen LogP) is 3.25. The molecule has 0 unspecified atom stereocenters. The molecule has 0 spiro atoms. The van der Waals surface area contributed by atoms with Gasteiger partial charge in [0.05, 0.1) is 4.51 Å². The summed E-state index contributed by atoms with van der Waals surface area (Å²) in [4.78, 5) is 0.978. The zero-order chi connectivity index (χ0) is 7.84. The Kier molecular flexibility index (Phi) is 1.59. The third-order valence-corrected chi connectivity index (χ3v) is 2.69. The summed E-state index contributed by atoms with van der Waals surface area (Å²) in [5.74, 6) is 0. The van der Waals surface area contributed by atoms with Crippen LogP contribution in [0.3, 0.4) is 0 Å². The maximum Gasteiger partial charge on any atom is 0.0607 e. The molecule has 0 amide bonds. The summed E-state index contributed by atoms with van der Waals surface area (Å²) < 4.78 is 0.916. The fraction of sp³-hybridized carbons (Fsp3) is 0. The molecule has 0 fully saturated rings. The van der Waals surface area contributed by atoms with Crippen molar-refractivity contribution in [3.63, 3.8) is 0 Å². The van der Waals surface area contributed by atoms with E-state index in [0.717, 1.165) is 15.0 Å². The summed E-state index contributed by atoms with van der Waals surface area (Å²) in [5.41, 5.74) is 2.33. The second-order valence-electron chi connectivity index (χ2n) is 2.42. The van der Waals surface area contributed by atoms with E-state index in [1.807, 2.05) is 30.3 Å². The van der Waals surface area contributed by atoms with E-state index in [1.165, 1.54) is 5.56 Å². The molecule has 0 bridgehead atoms. The Morgan fingerprint density at radius 3 is 2.09 bits per heavy atom. The minimum Gasteiger partial charge on any atom is -0.141 e. The zero-order valence-corrected chi connectivity index (χ0v) is 7.45. The van der Waals surface area contributed by atoms with Crippen LogP contribution in [0.25, 0.3) is 11.1 Å². The van der Waals surface area contributed by atoms with Crippen LogP contribution in [-0.2, 0) is 0 Å². The Hall–Kier alpha value is -0.600. The molecule has 0 radical (unpaired) electrons. The Morgan fingerprint density at radius 2 is 1.64 bits per heavy atom. The van der Waals surface area contributed by atoms with Gasteiger partial charge in [0, 0.05) is 10.5 Å². The van der Waals surface area contributed by atoms with Crippen LogP contribution in [0.4, 0.5) is 0 Å². The van der Waals surface area contributed by atoms with Crippen LogP contribution in [0.1, 0.15) is 0 Å². The van der Waals surface area contributed by atoms with Gasteiger partial charge in [0.25, 0.3) is 0 Å². The molecule has 0 aliphatic rings. The molecule has 2 rings (SSSR count). The smallest absolute Gasteiger partial charge is 0.0607 e. The molecule has 0 aromatic heterocycles. The fourth-order valence-corrected chi connectivity index (χ4v) is 1.68. The van der Waals surface area contributed by atoms with Gasteiger partial charge in [-0.2, -0.15) is 0 Å². The van der Waals surface area contributed by atoms with Crippen molar-refractivity contribution < 1.29 is 0 Å². The van der Waals surface area contributed by atoms with Crippen molar-refractivity contribution in [2.24, 2.45) is 0 Å². The maximum absolute atomic E-state index is 5.02. The minimum absolute atomic E-state index is 0.916. The summed E-state index contributed by atoms with van der Waals surface area (Å²) in [7, 11) is 0. The van der Waals surface area contributed by atoms with Crippen LogP contribution < -0.4 is 0 Å². The minimum atomic E-state index is 0.916. The normalized spacial score (nSPS) is 10.6. The van der Waals surface area contributed by atoms with Crippen LogP contribution in [0.15, 0.2) is 35.2 Å². The van der Waals surface area contributed by atoms with E-state index >= 15 is 0 Å².